The smallest absolute Gasteiger partial charge is 0.332 e. The number of ether oxygens (including phenoxy) is 1. The van der Waals surface area contributed by atoms with Gasteiger partial charge in [-0.05, 0) is 62.4 Å². The summed E-state index contributed by atoms with van der Waals surface area (Å²) in [5.74, 6) is -0.145. The van der Waals surface area contributed by atoms with Crippen molar-refractivity contribution in [3.63, 3.8) is 0 Å². The largest absolute Gasteiger partial charge is 0.494 e. The number of nitrogens with zero attached hydrogens (tertiary/aromatic N) is 6. The Balaban J connectivity index is 1.28. The number of hydrogen-bond acceptors (Lipinski definition) is 7. The van der Waals surface area contributed by atoms with Crippen LogP contribution >= 0.6 is 0 Å². The van der Waals surface area contributed by atoms with E-state index in [1.54, 1.807) is 27.8 Å². The summed E-state index contributed by atoms with van der Waals surface area (Å²) in [6.45, 7) is 3.76. The summed E-state index contributed by atoms with van der Waals surface area (Å²) in [4.78, 5) is 64.7. The number of hydrogen-bond donors (Lipinski definition) is 0. The zero-order valence-electron chi connectivity index (χ0n) is 24.9. The number of carbonyl (C=O) groups is 2. The van der Waals surface area contributed by atoms with Crippen molar-refractivity contribution < 1.29 is 18.7 Å². The predicted molar refractivity (Wildman–Crippen MR) is 163 cm³/mol. The van der Waals surface area contributed by atoms with Gasteiger partial charge in [0.05, 0.1) is 18.4 Å². The molecule has 1 saturated heterocycles. The zero-order chi connectivity index (χ0) is 31.0. The molecule has 2 aromatic heterocycles. The summed E-state index contributed by atoms with van der Waals surface area (Å²) >= 11 is 0. The molecule has 6 rings (SSSR count). The van der Waals surface area contributed by atoms with Crippen LogP contribution in [0.3, 0.4) is 0 Å². The van der Waals surface area contributed by atoms with Crippen molar-refractivity contribution in [2.75, 3.05) is 31.6 Å². The molecule has 0 N–H and O–H groups in total. The fourth-order valence-corrected chi connectivity index (χ4v) is 5.92. The highest BCUT2D eigenvalue weighted by Crippen LogP contribution is 2.39. The molecule has 0 bridgehead atoms. The molecule has 1 saturated carbocycles. The van der Waals surface area contributed by atoms with Crippen LogP contribution in [0, 0.1) is 5.82 Å². The lowest BCUT2D eigenvalue weighted by atomic mass is 10.1. The van der Waals surface area contributed by atoms with Crippen LogP contribution in [-0.2, 0) is 17.8 Å². The second kappa shape index (κ2) is 12.2. The van der Waals surface area contributed by atoms with Crippen molar-refractivity contribution in [3.8, 4) is 5.75 Å². The Morgan fingerprint density at radius 3 is 2.59 bits per heavy atom. The molecule has 0 radical (unpaired) electrons. The fraction of sp³-hybridized carbons (Fsp3) is 0.438. The van der Waals surface area contributed by atoms with Crippen LogP contribution in [0.5, 0.6) is 5.75 Å². The number of pyridine rings is 1. The Hall–Kier alpha value is -4.61. The molecule has 3 aliphatic rings. The summed E-state index contributed by atoms with van der Waals surface area (Å²) in [7, 11) is 1.36. The molecule has 12 heteroatoms. The molecule has 0 atom stereocenters. The number of fused-ring (bicyclic) bond motifs is 1. The van der Waals surface area contributed by atoms with Gasteiger partial charge < -0.3 is 9.64 Å². The lowest BCUT2D eigenvalue weighted by Crippen LogP contribution is -2.41. The van der Waals surface area contributed by atoms with Crippen LogP contribution in [0.25, 0.3) is 0 Å². The van der Waals surface area contributed by atoms with Crippen molar-refractivity contribution in [2.45, 2.75) is 64.5 Å². The van der Waals surface area contributed by atoms with Gasteiger partial charge in [-0.25, -0.2) is 19.2 Å². The van der Waals surface area contributed by atoms with Crippen molar-refractivity contribution in [3.05, 3.63) is 79.9 Å². The number of amides is 2. The van der Waals surface area contributed by atoms with Gasteiger partial charge in [-0.1, -0.05) is 6.92 Å². The van der Waals surface area contributed by atoms with Gasteiger partial charge in [-0.15, -0.1) is 0 Å². The van der Waals surface area contributed by atoms with Crippen LogP contribution in [0.1, 0.15) is 73.0 Å². The van der Waals surface area contributed by atoms with E-state index >= 15 is 0 Å². The Morgan fingerprint density at radius 2 is 1.95 bits per heavy atom. The first-order valence-electron chi connectivity index (χ1n) is 15.2. The highest BCUT2D eigenvalue weighted by molar-refractivity contribution is 6.07. The lowest BCUT2D eigenvalue weighted by molar-refractivity contribution is -0.127. The van der Waals surface area contributed by atoms with Crippen LogP contribution in [0.4, 0.5) is 16.0 Å². The minimum Gasteiger partial charge on any atom is -0.494 e. The quantitative estimate of drug-likeness (QED) is 0.331. The molecule has 1 aliphatic carbocycles. The zero-order valence-corrected chi connectivity index (χ0v) is 24.9. The first-order valence-corrected chi connectivity index (χ1v) is 15.2. The summed E-state index contributed by atoms with van der Waals surface area (Å²) in [6, 6.07) is 7.60. The van der Waals surface area contributed by atoms with Crippen molar-refractivity contribution in [1.82, 2.24) is 19.0 Å². The number of benzene rings is 1. The second-order valence-corrected chi connectivity index (χ2v) is 11.4. The van der Waals surface area contributed by atoms with E-state index in [9.17, 15) is 23.6 Å². The maximum atomic E-state index is 14.5. The van der Waals surface area contributed by atoms with E-state index in [0.717, 1.165) is 25.3 Å². The summed E-state index contributed by atoms with van der Waals surface area (Å²) < 4.78 is 22.5. The van der Waals surface area contributed by atoms with E-state index in [1.165, 1.54) is 28.7 Å². The SMILES string of the molecule is CCCn1c(=O)c2c(n(C3CC3)c1=O)N=C(c1ccc(N(CCCN3CCCC3=O)C(=O)c3ccc(OC)c(F)c3)nc1)C2. The predicted octanol–water partition coefficient (Wildman–Crippen LogP) is 3.63. The number of carbonyl (C=O) groups excluding carboxylic acids is 2. The van der Waals surface area contributed by atoms with Gasteiger partial charge in [-0.3, -0.25) is 28.4 Å². The third-order valence-electron chi connectivity index (χ3n) is 8.37. The van der Waals surface area contributed by atoms with Gasteiger partial charge in [0, 0.05) is 62.4 Å². The summed E-state index contributed by atoms with van der Waals surface area (Å²) in [5.41, 5.74) is 1.35. The number of halogens is 1. The van der Waals surface area contributed by atoms with Gasteiger partial charge in [0.2, 0.25) is 5.91 Å². The number of rotatable bonds is 11. The Morgan fingerprint density at radius 1 is 1.14 bits per heavy atom. The number of aromatic nitrogens is 3. The molecule has 0 spiro atoms. The maximum absolute atomic E-state index is 14.5. The molecule has 1 aromatic carbocycles. The molecule has 44 heavy (non-hydrogen) atoms. The van der Waals surface area contributed by atoms with Gasteiger partial charge >= 0.3 is 5.69 Å². The molecule has 230 valence electrons. The molecule has 0 unspecified atom stereocenters. The van der Waals surface area contributed by atoms with Gasteiger partial charge in [0.25, 0.3) is 11.5 Å². The Labute approximate surface area is 253 Å². The topological polar surface area (TPSA) is 119 Å². The van der Waals surface area contributed by atoms with Gasteiger partial charge in [0.1, 0.15) is 11.6 Å². The fourth-order valence-electron chi connectivity index (χ4n) is 5.92. The van der Waals surface area contributed by atoms with Gasteiger partial charge in [0.15, 0.2) is 11.6 Å². The van der Waals surface area contributed by atoms with Crippen LogP contribution in [0.15, 0.2) is 51.1 Å². The number of aliphatic imine (C=N–C) groups is 1. The summed E-state index contributed by atoms with van der Waals surface area (Å²) in [5, 5.41) is 0. The molecule has 2 fully saturated rings. The van der Waals surface area contributed by atoms with Crippen LogP contribution < -0.4 is 20.9 Å². The molecule has 11 nitrogen and oxygen atoms in total. The molecular weight excluding hydrogens is 567 g/mol. The first kappa shape index (κ1) is 29.5. The number of anilines is 1. The first-order chi connectivity index (χ1) is 21.3. The normalized spacial score (nSPS) is 15.8. The van der Waals surface area contributed by atoms with Crippen molar-refractivity contribution in [1.29, 1.82) is 0 Å². The van der Waals surface area contributed by atoms with E-state index in [2.05, 4.69) is 4.98 Å². The van der Waals surface area contributed by atoms with E-state index in [4.69, 9.17) is 9.73 Å². The van der Waals surface area contributed by atoms with Crippen molar-refractivity contribution in [2.24, 2.45) is 4.99 Å². The molecule has 3 aromatic rings. The molecule has 4 heterocycles. The molecule has 2 aliphatic heterocycles. The van der Waals surface area contributed by atoms with E-state index in [1.807, 2.05) is 6.92 Å². The highest BCUT2D eigenvalue weighted by atomic mass is 19.1. The third-order valence-corrected chi connectivity index (χ3v) is 8.37. The molecule has 2 amide bonds. The average Bonchev–Trinajstić information content (AvgIpc) is 3.62. The third kappa shape index (κ3) is 5.56. The molecular formula is C32H35FN6O5. The van der Waals surface area contributed by atoms with Crippen LogP contribution in [-0.4, -0.2) is 63.3 Å². The minimum atomic E-state index is -0.647. The van der Waals surface area contributed by atoms with E-state index in [-0.39, 0.29) is 47.5 Å². The monoisotopic (exact) mass is 602 g/mol. The summed E-state index contributed by atoms with van der Waals surface area (Å²) in [6.07, 6.45) is 6.19. The highest BCUT2D eigenvalue weighted by Gasteiger charge is 2.34. The van der Waals surface area contributed by atoms with Crippen molar-refractivity contribution >= 4 is 29.2 Å². The second-order valence-electron chi connectivity index (χ2n) is 11.4. The van der Waals surface area contributed by atoms with Gasteiger partial charge in [-0.2, -0.15) is 0 Å². The van der Waals surface area contributed by atoms with Crippen LogP contribution in [0.2, 0.25) is 0 Å². The number of methoxy groups -OCH3 is 1. The number of likely N-dealkylation sites (tertiary alicyclic amines) is 1. The maximum Gasteiger partial charge on any atom is 0.332 e. The minimum absolute atomic E-state index is 0.0371. The van der Waals surface area contributed by atoms with E-state index < -0.39 is 11.7 Å². The Bertz CT molecular complexity index is 1760. The van der Waals surface area contributed by atoms with E-state index in [0.29, 0.717) is 67.4 Å². The Kier molecular flexibility index (Phi) is 8.15. The average molecular weight is 603 g/mol. The lowest BCUT2D eigenvalue weighted by Gasteiger charge is -2.24. The standard InChI is InChI=1S/C32H35FN6O5/c1-3-13-38-31(42)23-18-25(35-29(23)39(32(38)43)22-9-10-22)21-8-12-27(34-19-21)37(16-5-15-36-14-4-6-28(36)40)30(41)20-7-11-26(44-2)24(33)17-20/h7-8,11-12,17,19,22H,3-6,9-10,13-16,18H2,1-2H3.